The maximum atomic E-state index is 12.2. The molecule has 1 aliphatic rings. The second-order valence-electron chi connectivity index (χ2n) is 4.71. The summed E-state index contributed by atoms with van der Waals surface area (Å²) in [5.41, 5.74) is 1.51. The zero-order chi connectivity index (χ0) is 13.3. The standard InChI is InChI=1S/C14H15ClO3/c1-2-3-10(14(17)18)12-6-8-4-5-9(15)7-11(8)13(12)16/h4-5,7,10,12H,2-3,6H2,1H3,(H,17,18). The van der Waals surface area contributed by atoms with Crippen LogP contribution in [0, 0.1) is 11.8 Å². The lowest BCUT2D eigenvalue weighted by atomic mass is 9.86. The molecule has 0 saturated heterocycles. The second-order valence-corrected chi connectivity index (χ2v) is 5.15. The number of hydrogen-bond donors (Lipinski definition) is 1. The number of hydrogen-bond acceptors (Lipinski definition) is 2. The minimum absolute atomic E-state index is 0.0756. The van der Waals surface area contributed by atoms with Crippen LogP contribution < -0.4 is 0 Å². The largest absolute Gasteiger partial charge is 0.481 e. The molecule has 96 valence electrons. The summed E-state index contributed by atoms with van der Waals surface area (Å²) in [5.74, 6) is -1.98. The summed E-state index contributed by atoms with van der Waals surface area (Å²) < 4.78 is 0. The number of fused-ring (bicyclic) bond motifs is 1. The van der Waals surface area contributed by atoms with Crippen LogP contribution in [0.1, 0.15) is 35.7 Å². The van der Waals surface area contributed by atoms with Crippen molar-refractivity contribution in [1.82, 2.24) is 0 Å². The highest BCUT2D eigenvalue weighted by molar-refractivity contribution is 6.31. The summed E-state index contributed by atoms with van der Waals surface area (Å²) in [5, 5.41) is 9.76. The maximum Gasteiger partial charge on any atom is 0.307 e. The van der Waals surface area contributed by atoms with Gasteiger partial charge in [0, 0.05) is 16.5 Å². The number of carboxylic acid groups (broad SMARTS) is 1. The van der Waals surface area contributed by atoms with Crippen LogP contribution in [-0.2, 0) is 11.2 Å². The Morgan fingerprint density at radius 1 is 1.56 bits per heavy atom. The molecule has 4 heteroatoms. The quantitative estimate of drug-likeness (QED) is 0.910. The third-order valence-electron chi connectivity index (χ3n) is 3.52. The second kappa shape index (κ2) is 5.11. The molecule has 0 fully saturated rings. The zero-order valence-electron chi connectivity index (χ0n) is 10.1. The molecule has 0 saturated carbocycles. The van der Waals surface area contributed by atoms with Crippen LogP contribution in [0.15, 0.2) is 18.2 Å². The van der Waals surface area contributed by atoms with Crippen molar-refractivity contribution in [2.45, 2.75) is 26.2 Å². The van der Waals surface area contributed by atoms with E-state index in [9.17, 15) is 14.7 Å². The molecule has 1 N–H and O–H groups in total. The van der Waals surface area contributed by atoms with Gasteiger partial charge < -0.3 is 5.11 Å². The van der Waals surface area contributed by atoms with Gasteiger partial charge in [0.1, 0.15) is 0 Å². The van der Waals surface area contributed by atoms with E-state index in [0.717, 1.165) is 12.0 Å². The van der Waals surface area contributed by atoms with Gasteiger partial charge in [0.2, 0.25) is 0 Å². The minimum Gasteiger partial charge on any atom is -0.481 e. The van der Waals surface area contributed by atoms with Crippen LogP contribution in [0.2, 0.25) is 5.02 Å². The zero-order valence-corrected chi connectivity index (χ0v) is 10.9. The van der Waals surface area contributed by atoms with Crippen molar-refractivity contribution in [2.75, 3.05) is 0 Å². The fraction of sp³-hybridized carbons (Fsp3) is 0.429. The Labute approximate surface area is 111 Å². The molecule has 18 heavy (non-hydrogen) atoms. The minimum atomic E-state index is -0.880. The van der Waals surface area contributed by atoms with Crippen LogP contribution in [0.3, 0.4) is 0 Å². The molecule has 1 aromatic rings. The smallest absolute Gasteiger partial charge is 0.307 e. The Hall–Kier alpha value is -1.35. The van der Waals surface area contributed by atoms with Crippen LogP contribution >= 0.6 is 11.6 Å². The van der Waals surface area contributed by atoms with Crippen molar-refractivity contribution in [1.29, 1.82) is 0 Å². The van der Waals surface area contributed by atoms with Gasteiger partial charge in [-0.15, -0.1) is 0 Å². The molecule has 1 aromatic carbocycles. The van der Waals surface area contributed by atoms with E-state index in [2.05, 4.69) is 0 Å². The molecule has 0 aromatic heterocycles. The predicted octanol–water partition coefficient (Wildman–Crippen LogP) is 3.20. The first kappa shape index (κ1) is 13.1. The number of ketones is 1. The number of Topliss-reactive ketones (excluding diaryl/α,β-unsaturated/α-hetero) is 1. The summed E-state index contributed by atoms with van der Waals surface area (Å²) in [6.45, 7) is 1.93. The summed E-state index contributed by atoms with van der Waals surface area (Å²) >= 11 is 5.87. The van der Waals surface area contributed by atoms with E-state index < -0.39 is 17.8 Å². The van der Waals surface area contributed by atoms with E-state index in [0.29, 0.717) is 23.4 Å². The Morgan fingerprint density at radius 3 is 2.89 bits per heavy atom. The molecule has 0 spiro atoms. The molecule has 0 heterocycles. The van der Waals surface area contributed by atoms with Crippen LogP contribution in [0.25, 0.3) is 0 Å². The Kier molecular flexibility index (Phi) is 3.71. The first-order valence-corrected chi connectivity index (χ1v) is 6.47. The number of carbonyl (C=O) groups is 2. The summed E-state index contributed by atoms with van der Waals surface area (Å²) in [6.07, 6.45) is 1.81. The lowest BCUT2D eigenvalue weighted by molar-refractivity contribution is -0.143. The van der Waals surface area contributed by atoms with Crippen molar-refractivity contribution >= 4 is 23.4 Å². The normalized spacial score (nSPS) is 19.7. The van der Waals surface area contributed by atoms with Gasteiger partial charge in [0.05, 0.1) is 5.92 Å². The summed E-state index contributed by atoms with van der Waals surface area (Å²) in [7, 11) is 0. The van der Waals surface area contributed by atoms with Gasteiger partial charge >= 0.3 is 5.97 Å². The van der Waals surface area contributed by atoms with Gasteiger partial charge in [-0.2, -0.15) is 0 Å². The number of benzene rings is 1. The van der Waals surface area contributed by atoms with Crippen molar-refractivity contribution in [3.05, 3.63) is 34.3 Å². The average Bonchev–Trinajstić information content (AvgIpc) is 2.63. The molecule has 3 nitrogen and oxygen atoms in total. The van der Waals surface area contributed by atoms with E-state index >= 15 is 0 Å². The highest BCUT2D eigenvalue weighted by atomic mass is 35.5. The van der Waals surface area contributed by atoms with Crippen molar-refractivity contribution < 1.29 is 14.7 Å². The Balaban J connectivity index is 2.30. The average molecular weight is 267 g/mol. The molecule has 0 radical (unpaired) electrons. The van der Waals surface area contributed by atoms with E-state index in [1.54, 1.807) is 12.1 Å². The summed E-state index contributed by atoms with van der Waals surface area (Å²) in [6, 6.07) is 5.20. The molecule has 0 aliphatic heterocycles. The van der Waals surface area contributed by atoms with Crippen LogP contribution in [0.4, 0.5) is 0 Å². The molecule has 2 rings (SSSR count). The molecule has 0 amide bonds. The van der Waals surface area contributed by atoms with Crippen LogP contribution in [0.5, 0.6) is 0 Å². The van der Waals surface area contributed by atoms with Crippen molar-refractivity contribution in [3.8, 4) is 0 Å². The molecule has 0 bridgehead atoms. The third-order valence-corrected chi connectivity index (χ3v) is 3.75. The first-order valence-electron chi connectivity index (χ1n) is 6.10. The number of aliphatic carboxylic acids is 1. The first-order chi connectivity index (χ1) is 8.54. The van der Waals surface area contributed by atoms with Gasteiger partial charge in [-0.1, -0.05) is 31.0 Å². The van der Waals surface area contributed by atoms with Gasteiger partial charge in [-0.05, 0) is 30.5 Å². The lowest BCUT2D eigenvalue weighted by Gasteiger charge is -2.16. The highest BCUT2D eigenvalue weighted by Gasteiger charge is 2.39. The van der Waals surface area contributed by atoms with Crippen molar-refractivity contribution in [2.24, 2.45) is 11.8 Å². The number of rotatable bonds is 4. The Morgan fingerprint density at radius 2 is 2.28 bits per heavy atom. The lowest BCUT2D eigenvalue weighted by Crippen LogP contribution is -2.27. The highest BCUT2D eigenvalue weighted by Crippen LogP contribution is 2.35. The number of carbonyl (C=O) groups excluding carboxylic acids is 1. The number of halogens is 1. The Bertz CT molecular complexity index is 496. The van der Waals surface area contributed by atoms with Gasteiger partial charge in [0.15, 0.2) is 5.78 Å². The molecule has 2 unspecified atom stereocenters. The summed E-state index contributed by atoms with van der Waals surface area (Å²) in [4.78, 5) is 23.5. The third kappa shape index (κ3) is 2.27. The molecular weight excluding hydrogens is 252 g/mol. The predicted molar refractivity (Wildman–Crippen MR) is 69.0 cm³/mol. The monoisotopic (exact) mass is 266 g/mol. The number of carboxylic acids is 1. The van der Waals surface area contributed by atoms with E-state index in [4.69, 9.17) is 11.6 Å². The van der Waals surface area contributed by atoms with E-state index in [1.165, 1.54) is 0 Å². The fourth-order valence-electron chi connectivity index (χ4n) is 2.62. The van der Waals surface area contributed by atoms with Gasteiger partial charge in [-0.25, -0.2) is 0 Å². The van der Waals surface area contributed by atoms with E-state index in [-0.39, 0.29) is 5.78 Å². The molecular formula is C14H15ClO3. The van der Waals surface area contributed by atoms with E-state index in [1.807, 2.05) is 13.0 Å². The van der Waals surface area contributed by atoms with Gasteiger partial charge in [-0.3, -0.25) is 9.59 Å². The van der Waals surface area contributed by atoms with Gasteiger partial charge in [0.25, 0.3) is 0 Å². The van der Waals surface area contributed by atoms with Crippen LogP contribution in [-0.4, -0.2) is 16.9 Å². The maximum absolute atomic E-state index is 12.2. The molecule has 2 atom stereocenters. The fourth-order valence-corrected chi connectivity index (χ4v) is 2.79. The topological polar surface area (TPSA) is 54.4 Å². The SMILES string of the molecule is CCCC(C(=O)O)C1Cc2ccc(Cl)cc2C1=O. The molecule has 1 aliphatic carbocycles. The van der Waals surface area contributed by atoms with Crippen molar-refractivity contribution in [3.63, 3.8) is 0 Å².